The molecule has 24 heavy (non-hydrogen) atoms. The predicted octanol–water partition coefficient (Wildman–Crippen LogP) is 3.11. The van der Waals surface area contributed by atoms with Crippen LogP contribution in [0.1, 0.15) is 31.3 Å². The Hall–Kier alpha value is -1.90. The van der Waals surface area contributed by atoms with Gasteiger partial charge in [0.2, 0.25) is 0 Å². The summed E-state index contributed by atoms with van der Waals surface area (Å²) in [6, 6.07) is 6.56. The third-order valence-corrected chi connectivity index (χ3v) is 4.58. The number of aliphatic hydroxyl groups excluding tert-OH is 1. The van der Waals surface area contributed by atoms with E-state index >= 15 is 0 Å². The molecular formula is C16H21N3O4S. The van der Waals surface area contributed by atoms with Crippen LogP contribution in [0.5, 0.6) is 0 Å². The van der Waals surface area contributed by atoms with Crippen molar-refractivity contribution in [3.05, 3.63) is 45.9 Å². The molecule has 2 aromatic rings. The van der Waals surface area contributed by atoms with Crippen LogP contribution in [0.3, 0.4) is 0 Å². The molecule has 8 heteroatoms. The summed E-state index contributed by atoms with van der Waals surface area (Å²) in [6.07, 6.45) is 0. The maximum absolute atomic E-state index is 10.9. The van der Waals surface area contributed by atoms with Gasteiger partial charge in [0.15, 0.2) is 0 Å². The van der Waals surface area contributed by atoms with E-state index in [0.717, 1.165) is 21.4 Å². The van der Waals surface area contributed by atoms with Crippen LogP contribution in [0, 0.1) is 10.1 Å². The minimum atomic E-state index is -0.398. The smallest absolute Gasteiger partial charge is 0.270 e. The zero-order valence-corrected chi connectivity index (χ0v) is 14.7. The minimum absolute atomic E-state index is 0.0310. The fourth-order valence-electron chi connectivity index (χ4n) is 2.18. The van der Waals surface area contributed by atoms with E-state index in [1.165, 1.54) is 17.8 Å². The summed E-state index contributed by atoms with van der Waals surface area (Å²) in [5, 5.41) is 20.7. The Morgan fingerprint density at radius 1 is 1.46 bits per heavy atom. The van der Waals surface area contributed by atoms with Gasteiger partial charge in [-0.3, -0.25) is 10.1 Å². The summed E-state index contributed by atoms with van der Waals surface area (Å²) in [4.78, 5) is 16.0. The summed E-state index contributed by atoms with van der Waals surface area (Å²) in [7, 11) is 1.90. The number of aromatic nitrogens is 2. The van der Waals surface area contributed by atoms with Crippen molar-refractivity contribution >= 4 is 17.4 Å². The molecule has 0 unspecified atom stereocenters. The lowest BCUT2D eigenvalue weighted by Gasteiger charge is -2.09. The zero-order valence-electron chi connectivity index (χ0n) is 13.9. The molecule has 130 valence electrons. The zero-order chi connectivity index (χ0) is 17.7. The first-order valence-electron chi connectivity index (χ1n) is 7.60. The molecule has 0 saturated heterocycles. The predicted molar refractivity (Wildman–Crippen MR) is 91.3 cm³/mol. The Balaban J connectivity index is 2.31. The van der Waals surface area contributed by atoms with E-state index in [0.29, 0.717) is 6.61 Å². The summed E-state index contributed by atoms with van der Waals surface area (Å²) in [6.45, 7) is 4.65. The van der Waals surface area contributed by atoms with E-state index in [1.807, 2.05) is 17.7 Å². The summed E-state index contributed by atoms with van der Waals surface area (Å²) in [5.41, 5.74) is 0.997. The minimum Gasteiger partial charge on any atom is -0.394 e. The van der Waals surface area contributed by atoms with Gasteiger partial charge in [-0.1, -0.05) is 31.7 Å². The number of hydrogen-bond donors (Lipinski definition) is 1. The SMILES string of the molecule is CC(C)c1nc(COCCO)n(C)c1Sc1cccc([N+](=O)[O-])c1. The second-order valence-electron chi connectivity index (χ2n) is 5.56. The molecule has 1 aromatic heterocycles. The first-order valence-corrected chi connectivity index (χ1v) is 8.42. The highest BCUT2D eigenvalue weighted by Gasteiger charge is 2.19. The van der Waals surface area contributed by atoms with Crippen molar-refractivity contribution in [2.75, 3.05) is 13.2 Å². The molecular weight excluding hydrogens is 330 g/mol. The van der Waals surface area contributed by atoms with E-state index < -0.39 is 4.92 Å². The Bertz CT molecular complexity index is 715. The number of nitrogens with zero attached hydrogens (tertiary/aromatic N) is 3. The van der Waals surface area contributed by atoms with E-state index in [4.69, 9.17) is 9.84 Å². The number of nitro groups is 1. The van der Waals surface area contributed by atoms with Gasteiger partial charge in [-0.2, -0.15) is 0 Å². The van der Waals surface area contributed by atoms with Gasteiger partial charge in [0.1, 0.15) is 17.5 Å². The van der Waals surface area contributed by atoms with Gasteiger partial charge in [-0.25, -0.2) is 4.98 Å². The second kappa shape index (κ2) is 8.27. The molecule has 1 N–H and O–H groups in total. The van der Waals surface area contributed by atoms with Crippen LogP contribution in [0.15, 0.2) is 34.2 Å². The number of non-ortho nitro benzene ring substituents is 1. The third kappa shape index (κ3) is 4.34. The Labute approximate surface area is 144 Å². The van der Waals surface area contributed by atoms with Crippen molar-refractivity contribution in [2.24, 2.45) is 7.05 Å². The largest absolute Gasteiger partial charge is 0.394 e. The quantitative estimate of drug-likeness (QED) is 0.446. The molecule has 0 spiro atoms. The highest BCUT2D eigenvalue weighted by molar-refractivity contribution is 7.99. The van der Waals surface area contributed by atoms with Gasteiger partial charge in [0.05, 0.1) is 23.8 Å². The molecule has 0 amide bonds. The van der Waals surface area contributed by atoms with Crippen LogP contribution >= 0.6 is 11.8 Å². The average Bonchev–Trinajstić information content (AvgIpc) is 2.85. The molecule has 0 aliphatic heterocycles. The summed E-state index contributed by atoms with van der Waals surface area (Å²) < 4.78 is 7.31. The van der Waals surface area contributed by atoms with Gasteiger partial charge in [0, 0.05) is 24.1 Å². The molecule has 7 nitrogen and oxygen atoms in total. The van der Waals surface area contributed by atoms with Crippen LogP contribution < -0.4 is 0 Å². The fourth-order valence-corrected chi connectivity index (χ4v) is 3.35. The van der Waals surface area contributed by atoms with E-state index in [1.54, 1.807) is 12.1 Å². The van der Waals surface area contributed by atoms with E-state index in [9.17, 15) is 10.1 Å². The van der Waals surface area contributed by atoms with Gasteiger partial charge >= 0.3 is 0 Å². The van der Waals surface area contributed by atoms with Crippen LogP contribution in [0.25, 0.3) is 0 Å². The molecule has 1 heterocycles. The maximum Gasteiger partial charge on any atom is 0.270 e. The Kier molecular flexibility index (Phi) is 6.36. The van der Waals surface area contributed by atoms with Gasteiger partial charge < -0.3 is 14.4 Å². The van der Waals surface area contributed by atoms with Crippen molar-refractivity contribution < 1.29 is 14.8 Å². The normalized spacial score (nSPS) is 11.2. The van der Waals surface area contributed by atoms with Gasteiger partial charge in [0.25, 0.3) is 5.69 Å². The van der Waals surface area contributed by atoms with E-state index in [-0.39, 0.29) is 24.8 Å². The highest BCUT2D eigenvalue weighted by atomic mass is 32.2. The summed E-state index contributed by atoms with van der Waals surface area (Å²) in [5.74, 6) is 0.976. The average molecular weight is 351 g/mol. The fraction of sp³-hybridized carbons (Fsp3) is 0.438. The molecule has 0 aliphatic carbocycles. The Morgan fingerprint density at radius 2 is 2.21 bits per heavy atom. The number of nitro benzene ring substituents is 1. The number of hydrogen-bond acceptors (Lipinski definition) is 6. The molecule has 2 rings (SSSR count). The van der Waals surface area contributed by atoms with Crippen molar-refractivity contribution in [1.29, 1.82) is 0 Å². The second-order valence-corrected chi connectivity index (χ2v) is 6.63. The number of imidazole rings is 1. The first-order chi connectivity index (χ1) is 11.4. The Morgan fingerprint density at radius 3 is 2.83 bits per heavy atom. The number of aliphatic hydroxyl groups is 1. The van der Waals surface area contributed by atoms with Crippen LogP contribution in [0.4, 0.5) is 5.69 Å². The summed E-state index contributed by atoms with van der Waals surface area (Å²) >= 11 is 1.45. The van der Waals surface area contributed by atoms with Crippen LogP contribution in [-0.4, -0.2) is 32.8 Å². The van der Waals surface area contributed by atoms with Crippen LogP contribution in [0.2, 0.25) is 0 Å². The van der Waals surface area contributed by atoms with Gasteiger partial charge in [-0.15, -0.1) is 0 Å². The van der Waals surface area contributed by atoms with Crippen molar-refractivity contribution in [2.45, 2.75) is 36.3 Å². The lowest BCUT2D eigenvalue weighted by molar-refractivity contribution is -0.385. The molecule has 0 atom stereocenters. The molecule has 1 aromatic carbocycles. The molecule has 0 aliphatic rings. The third-order valence-electron chi connectivity index (χ3n) is 3.42. The van der Waals surface area contributed by atoms with Crippen molar-refractivity contribution in [3.8, 4) is 0 Å². The molecule has 0 bridgehead atoms. The van der Waals surface area contributed by atoms with Crippen molar-refractivity contribution in [3.63, 3.8) is 0 Å². The van der Waals surface area contributed by atoms with Crippen molar-refractivity contribution in [1.82, 2.24) is 9.55 Å². The monoisotopic (exact) mass is 351 g/mol. The molecule has 0 radical (unpaired) electrons. The number of ether oxygens (including phenoxy) is 1. The highest BCUT2D eigenvalue weighted by Crippen LogP contribution is 2.35. The first kappa shape index (κ1) is 18.4. The number of benzene rings is 1. The van der Waals surface area contributed by atoms with Crippen LogP contribution in [-0.2, 0) is 18.4 Å². The van der Waals surface area contributed by atoms with Gasteiger partial charge in [-0.05, 0) is 12.0 Å². The lowest BCUT2D eigenvalue weighted by Crippen LogP contribution is -2.05. The number of rotatable bonds is 8. The van der Waals surface area contributed by atoms with E-state index in [2.05, 4.69) is 18.8 Å². The topological polar surface area (TPSA) is 90.4 Å². The standard InChI is InChI=1S/C16H21N3O4S/c1-11(2)15-16(18(3)14(17-15)10-23-8-7-20)24-13-6-4-5-12(9-13)19(21)22/h4-6,9,11,20H,7-8,10H2,1-3H3. The maximum atomic E-state index is 10.9. The molecule has 0 fully saturated rings. The molecule has 0 saturated carbocycles. The lowest BCUT2D eigenvalue weighted by atomic mass is 10.2.